The molecule has 0 saturated heterocycles. The van der Waals surface area contributed by atoms with Crippen LogP contribution in [0.2, 0.25) is 5.02 Å². The smallest absolute Gasteiger partial charge is 0.161 e. The van der Waals surface area contributed by atoms with E-state index in [-0.39, 0.29) is 6.04 Å². The molecule has 0 radical (unpaired) electrons. The molecule has 2 aromatic rings. The van der Waals surface area contributed by atoms with Crippen LogP contribution in [-0.4, -0.2) is 19.2 Å². The third-order valence-electron chi connectivity index (χ3n) is 3.13. The highest BCUT2D eigenvalue weighted by atomic mass is 35.5. The van der Waals surface area contributed by atoms with E-state index in [1.54, 1.807) is 26.6 Å². The number of hydrogen-bond donors (Lipinski definition) is 1. The van der Waals surface area contributed by atoms with Gasteiger partial charge in [0.1, 0.15) is 0 Å². The summed E-state index contributed by atoms with van der Waals surface area (Å²) < 4.78 is 10.5. The molecule has 0 aliphatic heterocycles. The van der Waals surface area contributed by atoms with Gasteiger partial charge >= 0.3 is 0 Å². The fourth-order valence-corrected chi connectivity index (χ4v) is 2.20. The summed E-state index contributed by atoms with van der Waals surface area (Å²) >= 11 is 6.10. The Morgan fingerprint density at radius 3 is 2.60 bits per heavy atom. The first-order chi connectivity index (χ1) is 9.65. The van der Waals surface area contributed by atoms with Gasteiger partial charge in [0.05, 0.1) is 19.2 Å². The van der Waals surface area contributed by atoms with Gasteiger partial charge < -0.3 is 15.2 Å². The standard InChI is InChI=1S/C15H17ClN2O2/c1-19-14-4-3-11(8-15(14)20-2)13(17)7-10-5-6-18-9-12(10)16/h3-6,8-9,13H,7,17H2,1-2H3. The zero-order chi connectivity index (χ0) is 14.5. The van der Waals surface area contributed by atoms with Crippen molar-refractivity contribution in [1.29, 1.82) is 0 Å². The van der Waals surface area contributed by atoms with Gasteiger partial charge in [0.25, 0.3) is 0 Å². The molecule has 0 fully saturated rings. The Bertz CT molecular complexity index is 590. The monoisotopic (exact) mass is 292 g/mol. The van der Waals surface area contributed by atoms with Crippen molar-refractivity contribution in [3.8, 4) is 11.5 Å². The van der Waals surface area contributed by atoms with Crippen LogP contribution in [0.15, 0.2) is 36.7 Å². The average Bonchev–Trinajstić information content (AvgIpc) is 2.48. The second-order valence-corrected chi connectivity index (χ2v) is 4.80. The minimum Gasteiger partial charge on any atom is -0.493 e. The lowest BCUT2D eigenvalue weighted by molar-refractivity contribution is 0.354. The molecule has 20 heavy (non-hydrogen) atoms. The Hall–Kier alpha value is -1.78. The van der Waals surface area contributed by atoms with Crippen molar-refractivity contribution in [2.75, 3.05) is 14.2 Å². The van der Waals surface area contributed by atoms with Gasteiger partial charge in [-0.25, -0.2) is 0 Å². The Kier molecular flexibility index (Phi) is 4.82. The second kappa shape index (κ2) is 6.59. The summed E-state index contributed by atoms with van der Waals surface area (Å²) in [7, 11) is 3.21. The van der Waals surface area contributed by atoms with E-state index in [0.29, 0.717) is 22.9 Å². The van der Waals surface area contributed by atoms with Gasteiger partial charge in [-0.15, -0.1) is 0 Å². The lowest BCUT2D eigenvalue weighted by atomic mass is 10.00. The molecule has 5 heteroatoms. The van der Waals surface area contributed by atoms with E-state index in [2.05, 4.69) is 4.98 Å². The van der Waals surface area contributed by atoms with Gasteiger partial charge in [-0.05, 0) is 35.7 Å². The van der Waals surface area contributed by atoms with Crippen LogP contribution in [0.5, 0.6) is 11.5 Å². The molecule has 0 bridgehead atoms. The fraction of sp³-hybridized carbons (Fsp3) is 0.267. The first-order valence-electron chi connectivity index (χ1n) is 6.21. The fourth-order valence-electron chi connectivity index (χ4n) is 2.01. The number of aromatic nitrogens is 1. The average molecular weight is 293 g/mol. The van der Waals surface area contributed by atoms with Crippen molar-refractivity contribution >= 4 is 11.6 Å². The summed E-state index contributed by atoms with van der Waals surface area (Å²) in [4.78, 5) is 3.97. The van der Waals surface area contributed by atoms with Gasteiger partial charge in [0.2, 0.25) is 0 Å². The quantitative estimate of drug-likeness (QED) is 0.920. The van der Waals surface area contributed by atoms with E-state index in [4.69, 9.17) is 26.8 Å². The predicted octanol–water partition coefficient (Wildman–Crippen LogP) is 2.99. The molecule has 0 spiro atoms. The van der Waals surface area contributed by atoms with Crippen LogP contribution < -0.4 is 15.2 Å². The van der Waals surface area contributed by atoms with Gasteiger partial charge in [0.15, 0.2) is 11.5 Å². The van der Waals surface area contributed by atoms with Crippen molar-refractivity contribution in [3.63, 3.8) is 0 Å². The highest BCUT2D eigenvalue weighted by Gasteiger charge is 2.12. The summed E-state index contributed by atoms with van der Waals surface area (Å²) in [5.74, 6) is 1.35. The third-order valence-corrected chi connectivity index (χ3v) is 3.47. The molecule has 0 aliphatic carbocycles. The zero-order valence-corrected chi connectivity index (χ0v) is 12.2. The van der Waals surface area contributed by atoms with Crippen molar-refractivity contribution in [2.45, 2.75) is 12.5 Å². The molecule has 2 rings (SSSR count). The van der Waals surface area contributed by atoms with Crippen molar-refractivity contribution in [1.82, 2.24) is 4.98 Å². The summed E-state index contributed by atoms with van der Waals surface area (Å²) in [5, 5.41) is 0.628. The summed E-state index contributed by atoms with van der Waals surface area (Å²) in [5.41, 5.74) is 8.18. The number of halogens is 1. The molecular formula is C15H17ClN2O2. The minimum absolute atomic E-state index is 0.172. The Labute approximate surface area is 123 Å². The maximum atomic E-state index is 6.24. The van der Waals surface area contributed by atoms with Crippen molar-refractivity contribution in [2.24, 2.45) is 5.73 Å². The van der Waals surface area contributed by atoms with E-state index in [1.165, 1.54) is 0 Å². The van der Waals surface area contributed by atoms with E-state index in [1.807, 2.05) is 24.3 Å². The third kappa shape index (κ3) is 3.21. The molecule has 1 unspecified atom stereocenters. The Balaban J connectivity index is 2.21. The summed E-state index contributed by atoms with van der Waals surface area (Å²) in [6.07, 6.45) is 3.97. The lowest BCUT2D eigenvalue weighted by Crippen LogP contribution is -2.14. The van der Waals surface area contributed by atoms with Crippen molar-refractivity contribution in [3.05, 3.63) is 52.8 Å². The van der Waals surface area contributed by atoms with E-state index in [9.17, 15) is 0 Å². The minimum atomic E-state index is -0.172. The van der Waals surface area contributed by atoms with Crippen LogP contribution in [0.3, 0.4) is 0 Å². The highest BCUT2D eigenvalue weighted by Crippen LogP contribution is 2.30. The molecule has 0 amide bonds. The zero-order valence-electron chi connectivity index (χ0n) is 11.5. The predicted molar refractivity (Wildman–Crippen MR) is 79.4 cm³/mol. The second-order valence-electron chi connectivity index (χ2n) is 4.39. The number of nitrogens with zero attached hydrogens (tertiary/aromatic N) is 1. The number of rotatable bonds is 5. The number of ether oxygens (including phenoxy) is 2. The van der Waals surface area contributed by atoms with Crippen LogP contribution in [0, 0.1) is 0 Å². The van der Waals surface area contributed by atoms with E-state index in [0.717, 1.165) is 11.1 Å². The molecule has 1 aromatic heterocycles. The van der Waals surface area contributed by atoms with Crippen LogP contribution >= 0.6 is 11.6 Å². The Morgan fingerprint density at radius 2 is 1.95 bits per heavy atom. The molecule has 1 aromatic carbocycles. The van der Waals surface area contributed by atoms with Crippen LogP contribution in [0.25, 0.3) is 0 Å². The molecular weight excluding hydrogens is 276 g/mol. The van der Waals surface area contributed by atoms with Gasteiger partial charge in [-0.2, -0.15) is 0 Å². The molecule has 2 N–H and O–H groups in total. The number of nitrogens with two attached hydrogens (primary N) is 1. The highest BCUT2D eigenvalue weighted by molar-refractivity contribution is 6.31. The van der Waals surface area contributed by atoms with Gasteiger partial charge in [0, 0.05) is 18.4 Å². The number of methoxy groups -OCH3 is 2. The first-order valence-corrected chi connectivity index (χ1v) is 6.59. The maximum absolute atomic E-state index is 6.24. The van der Waals surface area contributed by atoms with E-state index >= 15 is 0 Å². The molecule has 106 valence electrons. The maximum Gasteiger partial charge on any atom is 0.161 e. The first kappa shape index (κ1) is 14.6. The van der Waals surface area contributed by atoms with E-state index < -0.39 is 0 Å². The summed E-state index contributed by atoms with van der Waals surface area (Å²) in [6, 6.07) is 7.37. The normalized spacial score (nSPS) is 12.0. The molecule has 0 saturated carbocycles. The Morgan fingerprint density at radius 1 is 1.20 bits per heavy atom. The number of benzene rings is 1. The lowest BCUT2D eigenvalue weighted by Gasteiger charge is -2.15. The van der Waals surface area contributed by atoms with Crippen LogP contribution in [0.4, 0.5) is 0 Å². The molecule has 4 nitrogen and oxygen atoms in total. The molecule has 1 atom stereocenters. The van der Waals surface area contributed by atoms with Crippen LogP contribution in [-0.2, 0) is 6.42 Å². The van der Waals surface area contributed by atoms with Gasteiger partial charge in [-0.3, -0.25) is 4.98 Å². The SMILES string of the molecule is COc1ccc(C(N)Cc2ccncc2Cl)cc1OC. The number of pyridine rings is 1. The van der Waals surface area contributed by atoms with Gasteiger partial charge in [-0.1, -0.05) is 17.7 Å². The topological polar surface area (TPSA) is 57.4 Å². The molecule has 1 heterocycles. The van der Waals surface area contributed by atoms with Crippen LogP contribution in [0.1, 0.15) is 17.2 Å². The largest absolute Gasteiger partial charge is 0.493 e. The molecule has 0 aliphatic rings. The number of hydrogen-bond acceptors (Lipinski definition) is 4. The van der Waals surface area contributed by atoms with Crippen molar-refractivity contribution < 1.29 is 9.47 Å². The summed E-state index contributed by atoms with van der Waals surface area (Å²) in [6.45, 7) is 0.